The highest BCUT2D eigenvalue weighted by Crippen LogP contribution is 2.43. The molecule has 9 aromatic carbocycles. The zero-order chi connectivity index (χ0) is 34.4. The molecule has 0 radical (unpaired) electrons. The van der Waals surface area contributed by atoms with Gasteiger partial charge < -0.3 is 9.47 Å². The molecule has 0 aliphatic rings. The van der Waals surface area contributed by atoms with Crippen LogP contribution in [0.2, 0.25) is 0 Å². The summed E-state index contributed by atoms with van der Waals surface area (Å²) in [7, 11) is 0. The van der Waals surface area contributed by atoms with E-state index in [1.165, 1.54) is 65.6 Å². The van der Waals surface area contributed by atoms with Crippen LogP contribution in [0, 0.1) is 0 Å². The average Bonchev–Trinajstić information content (AvgIpc) is 3.57. The maximum atomic E-state index is 2.44. The predicted molar refractivity (Wildman–Crippen MR) is 221 cm³/mol. The number of aromatic nitrogens is 1. The molecule has 52 heavy (non-hydrogen) atoms. The number of hydrogen-bond donors (Lipinski definition) is 0. The van der Waals surface area contributed by atoms with E-state index in [2.05, 4.69) is 216 Å². The Morgan fingerprint density at radius 3 is 1.81 bits per heavy atom. The molecule has 10 rings (SSSR count). The van der Waals surface area contributed by atoms with Gasteiger partial charge in [0.25, 0.3) is 0 Å². The summed E-state index contributed by atoms with van der Waals surface area (Å²) in [6, 6.07) is 74.6. The summed E-state index contributed by atoms with van der Waals surface area (Å²) in [6.07, 6.45) is 0. The molecule has 0 saturated heterocycles. The molecule has 2 heteroatoms. The molecule has 0 spiro atoms. The Balaban J connectivity index is 1.20. The number of rotatable bonds is 6. The first-order valence-electron chi connectivity index (χ1n) is 17.9. The van der Waals surface area contributed by atoms with Gasteiger partial charge in [0.1, 0.15) is 0 Å². The van der Waals surface area contributed by atoms with Crippen molar-refractivity contribution in [2.75, 3.05) is 4.90 Å². The molecule has 0 aliphatic heterocycles. The van der Waals surface area contributed by atoms with Crippen molar-refractivity contribution < 1.29 is 0 Å². The van der Waals surface area contributed by atoms with Crippen molar-refractivity contribution in [1.82, 2.24) is 4.57 Å². The van der Waals surface area contributed by atoms with Crippen molar-refractivity contribution in [3.8, 4) is 27.9 Å². The summed E-state index contributed by atoms with van der Waals surface area (Å²) >= 11 is 0. The third-order valence-electron chi connectivity index (χ3n) is 10.3. The lowest BCUT2D eigenvalue weighted by Crippen LogP contribution is -2.11. The highest BCUT2D eigenvalue weighted by atomic mass is 15.1. The zero-order valence-corrected chi connectivity index (χ0v) is 28.5. The molecule has 0 fully saturated rings. The Kier molecular flexibility index (Phi) is 7.18. The maximum Gasteiger partial charge on any atom is 0.0547 e. The van der Waals surface area contributed by atoms with Gasteiger partial charge in [0.15, 0.2) is 0 Å². The number of nitrogens with zero attached hydrogens (tertiary/aromatic N) is 2. The zero-order valence-electron chi connectivity index (χ0n) is 28.5. The van der Waals surface area contributed by atoms with E-state index in [1.54, 1.807) is 0 Å². The Morgan fingerprint density at radius 2 is 0.981 bits per heavy atom. The van der Waals surface area contributed by atoms with E-state index in [0.29, 0.717) is 0 Å². The highest BCUT2D eigenvalue weighted by Gasteiger charge is 2.20. The first-order valence-corrected chi connectivity index (χ1v) is 17.9. The molecule has 0 unspecified atom stereocenters. The molecule has 0 atom stereocenters. The molecule has 0 bridgehead atoms. The molecule has 2 nitrogen and oxygen atoms in total. The van der Waals surface area contributed by atoms with Gasteiger partial charge in [-0.15, -0.1) is 0 Å². The molecular formula is C50H34N2. The van der Waals surface area contributed by atoms with Gasteiger partial charge in [-0.3, -0.25) is 0 Å². The summed E-state index contributed by atoms with van der Waals surface area (Å²) in [5.41, 5.74) is 11.7. The van der Waals surface area contributed by atoms with E-state index < -0.39 is 0 Å². The summed E-state index contributed by atoms with van der Waals surface area (Å²) in [5.74, 6) is 0. The predicted octanol–water partition coefficient (Wildman–Crippen LogP) is 13.9. The summed E-state index contributed by atoms with van der Waals surface area (Å²) in [5, 5.41) is 7.48. The molecule has 1 heterocycles. The van der Waals surface area contributed by atoms with Crippen LogP contribution in [0.1, 0.15) is 0 Å². The summed E-state index contributed by atoms with van der Waals surface area (Å²) < 4.78 is 2.44. The van der Waals surface area contributed by atoms with Crippen LogP contribution in [-0.4, -0.2) is 4.57 Å². The third kappa shape index (κ3) is 4.96. The normalized spacial score (nSPS) is 11.5. The lowest BCUT2D eigenvalue weighted by atomic mass is 9.94. The third-order valence-corrected chi connectivity index (χ3v) is 10.3. The van der Waals surface area contributed by atoms with Crippen molar-refractivity contribution in [2.45, 2.75) is 0 Å². The van der Waals surface area contributed by atoms with Gasteiger partial charge in [-0.05, 0) is 86.9 Å². The largest absolute Gasteiger partial charge is 0.310 e. The van der Waals surface area contributed by atoms with E-state index in [4.69, 9.17) is 0 Å². The smallest absolute Gasteiger partial charge is 0.0547 e. The minimum absolute atomic E-state index is 1.10. The van der Waals surface area contributed by atoms with E-state index in [1.807, 2.05) is 0 Å². The standard InChI is InChI=1S/C50H34N2/c1-3-14-35(15-4-1)36-28-31-40(32-29-36)51(46-27-12-19-37-18-7-8-23-43(37)46)41-21-13-22-42(34-41)52-47-26-10-9-24-45(47)50-48(52)33-30-39-20-11-25-44(49(39)50)38-16-5-2-6-17-38/h1-34H. The van der Waals surface area contributed by atoms with Crippen LogP contribution in [0.4, 0.5) is 17.1 Å². The van der Waals surface area contributed by atoms with Crippen molar-refractivity contribution in [3.05, 3.63) is 206 Å². The average molecular weight is 663 g/mol. The first kappa shape index (κ1) is 30.0. The van der Waals surface area contributed by atoms with Crippen LogP contribution in [0.5, 0.6) is 0 Å². The van der Waals surface area contributed by atoms with Gasteiger partial charge in [-0.2, -0.15) is 0 Å². The Morgan fingerprint density at radius 1 is 0.346 bits per heavy atom. The Hall–Kier alpha value is -6.90. The van der Waals surface area contributed by atoms with E-state index in [-0.39, 0.29) is 0 Å². The molecule has 0 aliphatic carbocycles. The van der Waals surface area contributed by atoms with E-state index >= 15 is 0 Å². The summed E-state index contributed by atoms with van der Waals surface area (Å²) in [6.45, 7) is 0. The Bertz CT molecular complexity index is 2880. The minimum atomic E-state index is 1.10. The van der Waals surface area contributed by atoms with Crippen LogP contribution >= 0.6 is 0 Å². The number of benzene rings is 9. The van der Waals surface area contributed by atoms with Crippen LogP contribution in [-0.2, 0) is 0 Å². The SMILES string of the molecule is c1ccc(-c2ccc(N(c3cccc(-n4c5ccccc5c5c6c(-c7ccccc7)cccc6ccc54)c3)c3cccc4ccccc34)cc2)cc1. The van der Waals surface area contributed by atoms with Crippen LogP contribution in [0.3, 0.4) is 0 Å². The molecule has 0 saturated carbocycles. The van der Waals surface area contributed by atoms with E-state index in [0.717, 1.165) is 22.7 Å². The van der Waals surface area contributed by atoms with Gasteiger partial charge in [-0.1, -0.05) is 158 Å². The lowest BCUT2D eigenvalue weighted by Gasteiger charge is -2.27. The molecule has 10 aromatic rings. The van der Waals surface area contributed by atoms with Crippen LogP contribution < -0.4 is 4.90 Å². The fourth-order valence-electron chi connectivity index (χ4n) is 8.01. The minimum Gasteiger partial charge on any atom is -0.310 e. The monoisotopic (exact) mass is 662 g/mol. The van der Waals surface area contributed by atoms with Crippen molar-refractivity contribution in [3.63, 3.8) is 0 Å². The second kappa shape index (κ2) is 12.5. The van der Waals surface area contributed by atoms with Gasteiger partial charge in [-0.25, -0.2) is 0 Å². The quantitative estimate of drug-likeness (QED) is 0.172. The molecule has 0 amide bonds. The number of para-hydroxylation sites is 1. The number of anilines is 3. The summed E-state index contributed by atoms with van der Waals surface area (Å²) in [4.78, 5) is 2.40. The highest BCUT2D eigenvalue weighted by molar-refractivity contribution is 6.25. The lowest BCUT2D eigenvalue weighted by molar-refractivity contribution is 1.17. The fraction of sp³-hybridized carbons (Fsp3) is 0. The molecule has 0 N–H and O–H groups in total. The van der Waals surface area contributed by atoms with Gasteiger partial charge >= 0.3 is 0 Å². The van der Waals surface area contributed by atoms with Crippen molar-refractivity contribution in [1.29, 1.82) is 0 Å². The topological polar surface area (TPSA) is 8.17 Å². The van der Waals surface area contributed by atoms with Crippen LogP contribution in [0.25, 0.3) is 71.3 Å². The Labute approximate surface area is 303 Å². The number of fused-ring (bicyclic) bond motifs is 6. The fourth-order valence-corrected chi connectivity index (χ4v) is 8.01. The molecule has 244 valence electrons. The van der Waals surface area contributed by atoms with E-state index in [9.17, 15) is 0 Å². The molecule has 1 aromatic heterocycles. The van der Waals surface area contributed by atoms with Crippen LogP contribution in [0.15, 0.2) is 206 Å². The second-order valence-corrected chi connectivity index (χ2v) is 13.3. The second-order valence-electron chi connectivity index (χ2n) is 13.3. The van der Waals surface area contributed by atoms with Crippen molar-refractivity contribution in [2.24, 2.45) is 0 Å². The first-order chi connectivity index (χ1) is 25.8. The van der Waals surface area contributed by atoms with Gasteiger partial charge in [0, 0.05) is 33.2 Å². The maximum absolute atomic E-state index is 2.44. The van der Waals surface area contributed by atoms with Crippen molar-refractivity contribution >= 4 is 60.4 Å². The van der Waals surface area contributed by atoms with Gasteiger partial charge in [0.05, 0.1) is 16.7 Å². The number of hydrogen-bond acceptors (Lipinski definition) is 1. The molecular weight excluding hydrogens is 629 g/mol. The van der Waals surface area contributed by atoms with Gasteiger partial charge in [0.2, 0.25) is 0 Å².